The fourth-order valence-corrected chi connectivity index (χ4v) is 5.04. The fraction of sp³-hybridized carbons (Fsp3) is 1.00. The number of hydrogen-bond acceptors (Lipinski definition) is 3. The minimum Gasteiger partial charge on any atom is -0.396 e. The Labute approximate surface area is 86.3 Å². The van der Waals surface area contributed by atoms with E-state index in [-0.39, 0.29) is 12.3 Å². The summed E-state index contributed by atoms with van der Waals surface area (Å²) < 4.78 is 17.9. The van der Waals surface area contributed by atoms with Crippen LogP contribution in [0.4, 0.5) is 0 Å². The maximum atomic E-state index is 12.4. The smallest absolute Gasteiger partial charge is 0.206 e. The molecule has 0 saturated heterocycles. The second-order valence-electron chi connectivity index (χ2n) is 3.88. The van der Waals surface area contributed by atoms with Crippen molar-refractivity contribution in [2.45, 2.75) is 44.7 Å². The molecule has 0 aromatic carbocycles. The van der Waals surface area contributed by atoms with E-state index >= 15 is 0 Å². The molecule has 1 aliphatic rings. The van der Waals surface area contributed by atoms with Crippen molar-refractivity contribution in [2.24, 2.45) is 0 Å². The molecular weight excluding hydrogens is 199 g/mol. The van der Waals surface area contributed by atoms with Crippen LogP contribution in [0.5, 0.6) is 0 Å². The maximum Gasteiger partial charge on any atom is 0.206 e. The van der Waals surface area contributed by atoms with Crippen molar-refractivity contribution in [3.8, 4) is 0 Å². The monoisotopic (exact) mass is 220 g/mol. The molecule has 1 rings (SSSR count). The number of aliphatic hydroxyl groups excluding tert-OH is 1. The summed E-state index contributed by atoms with van der Waals surface area (Å²) >= 11 is 0. The molecular formula is C10H21O3P. The van der Waals surface area contributed by atoms with E-state index in [1.807, 2.05) is 6.92 Å². The molecule has 0 radical (unpaired) electrons. The van der Waals surface area contributed by atoms with E-state index < -0.39 is 7.37 Å². The van der Waals surface area contributed by atoms with Crippen LogP contribution in [0.3, 0.4) is 0 Å². The lowest BCUT2D eigenvalue weighted by Gasteiger charge is -2.23. The predicted molar refractivity (Wildman–Crippen MR) is 58.1 cm³/mol. The molecule has 1 N–H and O–H groups in total. The molecule has 1 unspecified atom stereocenters. The molecule has 1 saturated carbocycles. The van der Waals surface area contributed by atoms with Crippen LogP contribution in [0.1, 0.15) is 39.0 Å². The minimum absolute atomic E-state index is 0.115. The van der Waals surface area contributed by atoms with Crippen LogP contribution in [0, 0.1) is 0 Å². The first kappa shape index (κ1) is 12.2. The average Bonchev–Trinajstić information content (AvgIpc) is 2.68. The summed E-state index contributed by atoms with van der Waals surface area (Å²) in [5.41, 5.74) is 0.272. The van der Waals surface area contributed by atoms with Crippen LogP contribution in [0.2, 0.25) is 0 Å². The first-order valence-electron chi connectivity index (χ1n) is 5.57. The molecule has 4 heteroatoms. The Morgan fingerprint density at radius 2 is 2.07 bits per heavy atom. The van der Waals surface area contributed by atoms with E-state index in [9.17, 15) is 4.57 Å². The second-order valence-corrected chi connectivity index (χ2v) is 6.77. The Morgan fingerprint density at radius 1 is 1.43 bits per heavy atom. The van der Waals surface area contributed by atoms with Crippen LogP contribution in [0.15, 0.2) is 0 Å². The Kier molecular flexibility index (Phi) is 5.14. The van der Waals surface area contributed by atoms with Crippen LogP contribution < -0.4 is 0 Å². The van der Waals surface area contributed by atoms with Gasteiger partial charge in [-0.15, -0.1) is 0 Å². The quantitative estimate of drug-likeness (QED) is 0.700. The van der Waals surface area contributed by atoms with E-state index in [1.165, 1.54) is 12.8 Å². The summed E-state index contributed by atoms with van der Waals surface area (Å²) in [6.07, 6.45) is 5.61. The van der Waals surface area contributed by atoms with Gasteiger partial charge in [-0.1, -0.05) is 12.8 Å². The van der Waals surface area contributed by atoms with Gasteiger partial charge in [0.05, 0.1) is 6.61 Å². The molecule has 84 valence electrons. The Bertz CT molecular complexity index is 200. The Morgan fingerprint density at radius 3 is 2.57 bits per heavy atom. The van der Waals surface area contributed by atoms with Gasteiger partial charge in [0.25, 0.3) is 0 Å². The van der Waals surface area contributed by atoms with Gasteiger partial charge in [0, 0.05) is 18.4 Å². The van der Waals surface area contributed by atoms with Crippen molar-refractivity contribution in [1.29, 1.82) is 0 Å². The maximum absolute atomic E-state index is 12.4. The van der Waals surface area contributed by atoms with E-state index in [0.717, 1.165) is 12.8 Å². The third kappa shape index (κ3) is 3.08. The summed E-state index contributed by atoms with van der Waals surface area (Å²) in [4.78, 5) is 0. The fourth-order valence-electron chi connectivity index (χ4n) is 2.16. The third-order valence-corrected chi connectivity index (χ3v) is 6.12. The van der Waals surface area contributed by atoms with Crippen LogP contribution in [-0.4, -0.2) is 30.1 Å². The van der Waals surface area contributed by atoms with Gasteiger partial charge in [-0.3, -0.25) is 4.57 Å². The summed E-state index contributed by atoms with van der Waals surface area (Å²) in [5, 5.41) is 8.76. The molecule has 3 nitrogen and oxygen atoms in total. The lowest BCUT2D eigenvalue weighted by Crippen LogP contribution is -2.10. The van der Waals surface area contributed by atoms with Crippen molar-refractivity contribution in [1.82, 2.24) is 0 Å². The molecule has 0 spiro atoms. The molecule has 1 aliphatic carbocycles. The normalized spacial score (nSPS) is 22.4. The third-order valence-electron chi connectivity index (χ3n) is 2.86. The van der Waals surface area contributed by atoms with Crippen molar-refractivity contribution >= 4 is 7.37 Å². The molecule has 0 heterocycles. The number of aliphatic hydroxyl groups is 1. The zero-order valence-electron chi connectivity index (χ0n) is 8.95. The van der Waals surface area contributed by atoms with Crippen molar-refractivity contribution in [3.63, 3.8) is 0 Å². The topological polar surface area (TPSA) is 46.5 Å². The molecule has 0 aromatic heterocycles. The molecule has 1 fully saturated rings. The molecule has 1 atom stereocenters. The second kappa shape index (κ2) is 5.89. The minimum atomic E-state index is -2.44. The molecule has 0 bridgehead atoms. The van der Waals surface area contributed by atoms with Crippen LogP contribution in [-0.2, 0) is 9.09 Å². The standard InChI is InChI=1S/C10H21O3P/c1-2-13-14(12,9-5-8-11)10-6-3-4-7-10/h10-11H,2-9H2,1H3. The summed E-state index contributed by atoms with van der Waals surface area (Å²) in [5.74, 6) is 0. The van der Waals surface area contributed by atoms with Crippen LogP contribution in [0.25, 0.3) is 0 Å². The molecule has 0 amide bonds. The summed E-state index contributed by atoms with van der Waals surface area (Å²) in [6.45, 7) is 2.53. The van der Waals surface area contributed by atoms with Gasteiger partial charge in [0.2, 0.25) is 7.37 Å². The van der Waals surface area contributed by atoms with Gasteiger partial charge in [0.15, 0.2) is 0 Å². The van der Waals surface area contributed by atoms with Crippen LogP contribution >= 0.6 is 7.37 Å². The van der Waals surface area contributed by atoms with E-state index in [1.54, 1.807) is 0 Å². The Balaban J connectivity index is 2.54. The van der Waals surface area contributed by atoms with E-state index in [4.69, 9.17) is 9.63 Å². The number of hydrogen-bond donors (Lipinski definition) is 1. The van der Waals surface area contributed by atoms with Gasteiger partial charge in [-0.25, -0.2) is 0 Å². The molecule has 0 aliphatic heterocycles. The van der Waals surface area contributed by atoms with Gasteiger partial charge >= 0.3 is 0 Å². The van der Waals surface area contributed by atoms with Crippen molar-refractivity contribution in [3.05, 3.63) is 0 Å². The first-order valence-corrected chi connectivity index (χ1v) is 7.45. The first-order chi connectivity index (χ1) is 6.73. The number of rotatable bonds is 6. The Hall–Kier alpha value is 0.150. The van der Waals surface area contributed by atoms with Gasteiger partial charge in [-0.05, 0) is 26.2 Å². The zero-order valence-corrected chi connectivity index (χ0v) is 9.84. The van der Waals surface area contributed by atoms with Crippen molar-refractivity contribution in [2.75, 3.05) is 19.4 Å². The summed E-state index contributed by atoms with van der Waals surface area (Å²) in [6, 6.07) is 0. The average molecular weight is 220 g/mol. The zero-order chi connectivity index (χ0) is 10.4. The van der Waals surface area contributed by atoms with Gasteiger partial charge < -0.3 is 9.63 Å². The summed E-state index contributed by atoms with van der Waals surface area (Å²) in [7, 11) is -2.44. The largest absolute Gasteiger partial charge is 0.396 e. The highest BCUT2D eigenvalue weighted by Gasteiger charge is 2.35. The predicted octanol–water partition coefficient (Wildman–Crippen LogP) is 2.63. The SMILES string of the molecule is CCOP(=O)(CCCO)C1CCCC1. The van der Waals surface area contributed by atoms with E-state index in [2.05, 4.69) is 0 Å². The van der Waals surface area contributed by atoms with Gasteiger partial charge in [-0.2, -0.15) is 0 Å². The van der Waals surface area contributed by atoms with Gasteiger partial charge in [0.1, 0.15) is 0 Å². The highest BCUT2D eigenvalue weighted by atomic mass is 31.2. The lowest BCUT2D eigenvalue weighted by atomic mass is 10.4. The highest BCUT2D eigenvalue weighted by molar-refractivity contribution is 7.59. The molecule has 0 aromatic rings. The van der Waals surface area contributed by atoms with E-state index in [0.29, 0.717) is 19.2 Å². The molecule has 14 heavy (non-hydrogen) atoms. The lowest BCUT2D eigenvalue weighted by molar-refractivity contribution is 0.286. The highest BCUT2D eigenvalue weighted by Crippen LogP contribution is 2.57. The van der Waals surface area contributed by atoms with Crippen molar-refractivity contribution < 1.29 is 14.2 Å².